The van der Waals surface area contributed by atoms with Crippen molar-refractivity contribution >= 4 is 27.5 Å². The lowest BCUT2D eigenvalue weighted by Gasteiger charge is -2.06. The topological polar surface area (TPSA) is 79.9 Å². The number of hydrogen-bond donors (Lipinski definition) is 2. The molecular weight excluding hydrogens is 324 g/mol. The average Bonchev–Trinajstić information content (AvgIpc) is 2.87. The standard InChI is InChI=1S/C13H15BrN4O2/c1-3-4-11-16-12(18-17-11)13(19)15-9-5-8(14)6-10(7-9)20-2/h5-7H,3-4H2,1-2H3,(H,15,19)(H,16,17,18). The minimum Gasteiger partial charge on any atom is -0.497 e. The quantitative estimate of drug-likeness (QED) is 0.878. The van der Waals surface area contributed by atoms with Gasteiger partial charge in [0.15, 0.2) is 0 Å². The second-order valence-corrected chi connectivity index (χ2v) is 5.11. The molecule has 0 aliphatic rings. The molecule has 2 rings (SSSR count). The summed E-state index contributed by atoms with van der Waals surface area (Å²) in [6, 6.07) is 5.31. The summed E-state index contributed by atoms with van der Waals surface area (Å²) in [4.78, 5) is 16.2. The highest BCUT2D eigenvalue weighted by Gasteiger charge is 2.13. The van der Waals surface area contributed by atoms with Gasteiger partial charge in [0.1, 0.15) is 11.6 Å². The van der Waals surface area contributed by atoms with Gasteiger partial charge in [0, 0.05) is 22.6 Å². The minimum atomic E-state index is -0.358. The predicted octanol–water partition coefficient (Wildman–Crippen LogP) is 2.78. The van der Waals surface area contributed by atoms with E-state index in [4.69, 9.17) is 4.74 Å². The summed E-state index contributed by atoms with van der Waals surface area (Å²) >= 11 is 3.36. The third-order valence-electron chi connectivity index (χ3n) is 2.59. The van der Waals surface area contributed by atoms with Crippen LogP contribution < -0.4 is 10.1 Å². The number of amides is 1. The minimum absolute atomic E-state index is 0.132. The molecule has 0 unspecified atom stereocenters. The number of H-pyrrole nitrogens is 1. The average molecular weight is 339 g/mol. The van der Waals surface area contributed by atoms with E-state index in [9.17, 15) is 4.79 Å². The van der Waals surface area contributed by atoms with Gasteiger partial charge in [0.05, 0.1) is 7.11 Å². The Balaban J connectivity index is 2.12. The molecule has 0 bridgehead atoms. The zero-order chi connectivity index (χ0) is 14.5. The van der Waals surface area contributed by atoms with Crippen molar-refractivity contribution in [1.82, 2.24) is 15.2 Å². The van der Waals surface area contributed by atoms with Crippen LogP contribution in [0.4, 0.5) is 5.69 Å². The highest BCUT2D eigenvalue weighted by molar-refractivity contribution is 9.10. The second kappa shape index (κ2) is 6.51. The number of nitrogens with one attached hydrogen (secondary N) is 2. The zero-order valence-corrected chi connectivity index (χ0v) is 12.8. The zero-order valence-electron chi connectivity index (χ0n) is 11.2. The molecule has 0 spiro atoms. The number of hydrogen-bond acceptors (Lipinski definition) is 4. The number of halogens is 1. The smallest absolute Gasteiger partial charge is 0.295 e. The molecule has 0 aliphatic carbocycles. The molecule has 0 radical (unpaired) electrons. The van der Waals surface area contributed by atoms with Crippen molar-refractivity contribution in [1.29, 1.82) is 0 Å². The third kappa shape index (κ3) is 3.57. The van der Waals surface area contributed by atoms with Gasteiger partial charge in [-0.1, -0.05) is 22.9 Å². The van der Waals surface area contributed by atoms with Gasteiger partial charge >= 0.3 is 0 Å². The fourth-order valence-electron chi connectivity index (χ4n) is 1.69. The van der Waals surface area contributed by atoms with E-state index in [0.29, 0.717) is 17.3 Å². The molecule has 1 heterocycles. The number of ether oxygens (including phenoxy) is 1. The normalized spacial score (nSPS) is 10.3. The van der Waals surface area contributed by atoms with Crippen LogP contribution in [0.2, 0.25) is 0 Å². The van der Waals surface area contributed by atoms with Crippen LogP contribution in [0, 0.1) is 0 Å². The van der Waals surface area contributed by atoms with Gasteiger partial charge in [-0.3, -0.25) is 9.89 Å². The van der Waals surface area contributed by atoms with Gasteiger partial charge in [-0.05, 0) is 18.6 Å². The summed E-state index contributed by atoms with van der Waals surface area (Å²) in [7, 11) is 1.57. The largest absolute Gasteiger partial charge is 0.497 e. The molecule has 0 aliphatic heterocycles. The van der Waals surface area contributed by atoms with Crippen molar-refractivity contribution in [3.05, 3.63) is 34.3 Å². The van der Waals surface area contributed by atoms with E-state index in [1.54, 1.807) is 19.2 Å². The first-order chi connectivity index (χ1) is 9.62. The SMILES string of the molecule is CCCc1nc(C(=O)Nc2cc(Br)cc(OC)c2)n[nH]1. The van der Waals surface area contributed by atoms with E-state index in [-0.39, 0.29) is 11.7 Å². The first kappa shape index (κ1) is 14.5. The van der Waals surface area contributed by atoms with Crippen molar-refractivity contribution < 1.29 is 9.53 Å². The van der Waals surface area contributed by atoms with E-state index >= 15 is 0 Å². The molecule has 1 aromatic heterocycles. The van der Waals surface area contributed by atoms with Gasteiger partial charge in [-0.2, -0.15) is 0 Å². The van der Waals surface area contributed by atoms with Crippen molar-refractivity contribution in [2.75, 3.05) is 12.4 Å². The molecule has 0 fully saturated rings. The maximum absolute atomic E-state index is 12.0. The second-order valence-electron chi connectivity index (χ2n) is 4.19. The fourth-order valence-corrected chi connectivity index (χ4v) is 2.16. The first-order valence-corrected chi connectivity index (χ1v) is 6.99. The van der Waals surface area contributed by atoms with Gasteiger partial charge in [0.25, 0.3) is 5.91 Å². The van der Waals surface area contributed by atoms with Crippen molar-refractivity contribution in [3.63, 3.8) is 0 Å². The summed E-state index contributed by atoms with van der Waals surface area (Å²) in [5.74, 6) is 1.14. The monoisotopic (exact) mass is 338 g/mol. The number of benzene rings is 1. The maximum atomic E-state index is 12.0. The number of aryl methyl sites for hydroxylation is 1. The molecular formula is C13H15BrN4O2. The molecule has 20 heavy (non-hydrogen) atoms. The Hall–Kier alpha value is -1.89. The van der Waals surface area contributed by atoms with Crippen LogP contribution in [0.1, 0.15) is 29.8 Å². The van der Waals surface area contributed by atoms with Crippen LogP contribution in [-0.2, 0) is 6.42 Å². The Labute approximate surface area is 125 Å². The van der Waals surface area contributed by atoms with Crippen LogP contribution in [0.5, 0.6) is 5.75 Å². The number of anilines is 1. The number of methoxy groups -OCH3 is 1. The van der Waals surface area contributed by atoms with Crippen LogP contribution in [0.3, 0.4) is 0 Å². The molecule has 2 aromatic rings. The molecule has 0 saturated carbocycles. The number of aromatic nitrogens is 3. The van der Waals surface area contributed by atoms with Crippen LogP contribution in [-0.4, -0.2) is 28.2 Å². The lowest BCUT2D eigenvalue weighted by Crippen LogP contribution is -2.14. The van der Waals surface area contributed by atoms with E-state index in [1.807, 2.05) is 13.0 Å². The number of carbonyl (C=O) groups is 1. The van der Waals surface area contributed by atoms with Gasteiger partial charge in [0.2, 0.25) is 5.82 Å². The van der Waals surface area contributed by atoms with E-state index in [0.717, 1.165) is 17.3 Å². The Morgan fingerprint density at radius 2 is 2.25 bits per heavy atom. The van der Waals surface area contributed by atoms with E-state index in [2.05, 4.69) is 36.4 Å². The number of aromatic amines is 1. The molecule has 7 heteroatoms. The molecule has 6 nitrogen and oxygen atoms in total. The van der Waals surface area contributed by atoms with Crippen LogP contribution in [0.15, 0.2) is 22.7 Å². The van der Waals surface area contributed by atoms with Crippen molar-refractivity contribution in [2.24, 2.45) is 0 Å². The molecule has 1 amide bonds. The lowest BCUT2D eigenvalue weighted by atomic mass is 10.3. The summed E-state index contributed by atoms with van der Waals surface area (Å²) in [5, 5.41) is 9.39. The predicted molar refractivity (Wildman–Crippen MR) is 79.0 cm³/mol. The van der Waals surface area contributed by atoms with Crippen LogP contribution >= 0.6 is 15.9 Å². The Morgan fingerprint density at radius 1 is 1.45 bits per heavy atom. The summed E-state index contributed by atoms with van der Waals surface area (Å²) in [6.07, 6.45) is 1.71. The molecule has 2 N–H and O–H groups in total. The van der Waals surface area contributed by atoms with Crippen LogP contribution in [0.25, 0.3) is 0 Å². The van der Waals surface area contributed by atoms with Crippen molar-refractivity contribution in [2.45, 2.75) is 19.8 Å². The van der Waals surface area contributed by atoms with E-state index in [1.165, 1.54) is 0 Å². The lowest BCUT2D eigenvalue weighted by molar-refractivity contribution is 0.101. The number of nitrogens with zero attached hydrogens (tertiary/aromatic N) is 2. The molecule has 0 saturated heterocycles. The molecule has 106 valence electrons. The Kier molecular flexibility index (Phi) is 4.73. The number of carbonyl (C=O) groups excluding carboxylic acids is 1. The Bertz CT molecular complexity index is 612. The Morgan fingerprint density at radius 3 is 2.95 bits per heavy atom. The van der Waals surface area contributed by atoms with Crippen molar-refractivity contribution in [3.8, 4) is 5.75 Å². The molecule has 0 atom stereocenters. The third-order valence-corrected chi connectivity index (χ3v) is 3.04. The number of rotatable bonds is 5. The van der Waals surface area contributed by atoms with Gasteiger partial charge in [-0.25, -0.2) is 4.98 Å². The summed E-state index contributed by atoms with van der Waals surface area (Å²) in [5.41, 5.74) is 0.614. The van der Waals surface area contributed by atoms with Gasteiger partial charge < -0.3 is 10.1 Å². The first-order valence-electron chi connectivity index (χ1n) is 6.19. The van der Waals surface area contributed by atoms with Gasteiger partial charge in [-0.15, -0.1) is 5.10 Å². The highest BCUT2D eigenvalue weighted by Crippen LogP contribution is 2.24. The fraction of sp³-hybridized carbons (Fsp3) is 0.308. The summed E-state index contributed by atoms with van der Waals surface area (Å²) in [6.45, 7) is 2.04. The maximum Gasteiger partial charge on any atom is 0.295 e. The summed E-state index contributed by atoms with van der Waals surface area (Å²) < 4.78 is 5.95. The molecule has 1 aromatic carbocycles. The van der Waals surface area contributed by atoms with E-state index < -0.39 is 0 Å². The highest BCUT2D eigenvalue weighted by atomic mass is 79.9.